The Balaban J connectivity index is 2.36. The van der Waals surface area contributed by atoms with Crippen LogP contribution in [0.2, 0.25) is 0 Å². The summed E-state index contributed by atoms with van der Waals surface area (Å²) in [4.78, 5) is 11.1. The lowest BCUT2D eigenvalue weighted by Gasteiger charge is -2.37. The van der Waals surface area contributed by atoms with Gasteiger partial charge in [0.15, 0.2) is 0 Å². The number of hydrogen-bond acceptors (Lipinski definition) is 3. The zero-order valence-electron chi connectivity index (χ0n) is 8.37. The van der Waals surface area contributed by atoms with E-state index in [0.717, 1.165) is 6.61 Å². The Bertz CT molecular complexity index is 222. The number of carbonyl (C=O) groups is 1. The minimum Gasteiger partial charge on any atom is -0.457 e. The summed E-state index contributed by atoms with van der Waals surface area (Å²) in [5.41, 5.74) is 0.429. The van der Waals surface area contributed by atoms with Crippen LogP contribution in [0.15, 0.2) is 12.2 Å². The van der Waals surface area contributed by atoms with E-state index in [4.69, 9.17) is 9.47 Å². The van der Waals surface area contributed by atoms with Crippen LogP contribution < -0.4 is 0 Å². The zero-order valence-corrected chi connectivity index (χ0v) is 8.37. The molecule has 3 atom stereocenters. The molecule has 0 aromatic rings. The van der Waals surface area contributed by atoms with Crippen molar-refractivity contribution >= 4 is 5.97 Å². The second-order valence-corrected chi connectivity index (χ2v) is 3.67. The molecule has 0 radical (unpaired) electrons. The number of rotatable bonds is 3. The summed E-state index contributed by atoms with van der Waals surface area (Å²) in [6.07, 6.45) is -0.115. The molecule has 0 saturated carbocycles. The molecule has 1 rings (SSSR count). The molecule has 0 N–H and O–H groups in total. The van der Waals surface area contributed by atoms with Gasteiger partial charge in [-0.05, 0) is 13.8 Å². The summed E-state index contributed by atoms with van der Waals surface area (Å²) in [5, 5.41) is 0. The normalized spacial score (nSPS) is 28.8. The largest absolute Gasteiger partial charge is 0.457 e. The highest BCUT2D eigenvalue weighted by Gasteiger charge is 2.34. The van der Waals surface area contributed by atoms with Gasteiger partial charge in [-0.3, -0.25) is 0 Å². The van der Waals surface area contributed by atoms with Crippen LogP contribution in [0, 0.1) is 5.92 Å². The number of carbonyl (C=O) groups excluding carboxylic acids is 1. The highest BCUT2D eigenvalue weighted by atomic mass is 16.6. The molecule has 0 aliphatic carbocycles. The predicted octanol–water partition coefficient (Wildman–Crippen LogP) is 1.53. The van der Waals surface area contributed by atoms with Crippen molar-refractivity contribution in [1.29, 1.82) is 0 Å². The van der Waals surface area contributed by atoms with Crippen molar-refractivity contribution in [2.45, 2.75) is 33.0 Å². The Morgan fingerprint density at radius 1 is 1.69 bits per heavy atom. The first kappa shape index (κ1) is 10.3. The summed E-state index contributed by atoms with van der Waals surface area (Å²) in [7, 11) is 0. The fourth-order valence-electron chi connectivity index (χ4n) is 1.33. The van der Waals surface area contributed by atoms with Crippen LogP contribution in [0.1, 0.15) is 20.8 Å². The lowest BCUT2D eigenvalue weighted by molar-refractivity contribution is -0.181. The number of ether oxygens (including phenoxy) is 2. The van der Waals surface area contributed by atoms with Crippen LogP contribution >= 0.6 is 0 Å². The molecular weight excluding hydrogens is 168 g/mol. The molecular formula is C10H16O3. The Labute approximate surface area is 78.7 Å². The monoisotopic (exact) mass is 184 g/mol. The van der Waals surface area contributed by atoms with E-state index in [0.29, 0.717) is 11.5 Å². The van der Waals surface area contributed by atoms with Crippen molar-refractivity contribution in [3.8, 4) is 0 Å². The van der Waals surface area contributed by atoms with E-state index in [1.807, 2.05) is 6.92 Å². The van der Waals surface area contributed by atoms with Crippen molar-refractivity contribution < 1.29 is 14.3 Å². The Hall–Kier alpha value is -0.830. The van der Waals surface area contributed by atoms with Crippen molar-refractivity contribution in [3.05, 3.63) is 12.2 Å². The Kier molecular flexibility index (Phi) is 3.09. The van der Waals surface area contributed by atoms with E-state index < -0.39 is 0 Å². The van der Waals surface area contributed by atoms with Gasteiger partial charge in [-0.15, -0.1) is 0 Å². The van der Waals surface area contributed by atoms with Crippen molar-refractivity contribution in [1.82, 2.24) is 0 Å². The van der Waals surface area contributed by atoms with Crippen LogP contribution in [0.3, 0.4) is 0 Å². The van der Waals surface area contributed by atoms with E-state index in [1.165, 1.54) is 0 Å². The van der Waals surface area contributed by atoms with Gasteiger partial charge in [0.2, 0.25) is 0 Å². The summed E-state index contributed by atoms with van der Waals surface area (Å²) in [5.74, 6) is 0.142. The maximum absolute atomic E-state index is 11.1. The molecule has 0 spiro atoms. The predicted molar refractivity (Wildman–Crippen MR) is 49.3 cm³/mol. The minimum atomic E-state index is -0.338. The van der Waals surface area contributed by atoms with Crippen LogP contribution in [-0.2, 0) is 14.3 Å². The van der Waals surface area contributed by atoms with Gasteiger partial charge in [0, 0.05) is 11.5 Å². The van der Waals surface area contributed by atoms with Gasteiger partial charge >= 0.3 is 5.97 Å². The molecule has 3 unspecified atom stereocenters. The van der Waals surface area contributed by atoms with Gasteiger partial charge in [0.25, 0.3) is 0 Å². The molecule has 1 aliphatic heterocycles. The van der Waals surface area contributed by atoms with Crippen molar-refractivity contribution in [3.63, 3.8) is 0 Å². The summed E-state index contributed by atoms with van der Waals surface area (Å²) in [6, 6.07) is 0. The van der Waals surface area contributed by atoms with E-state index in [2.05, 4.69) is 13.5 Å². The van der Waals surface area contributed by atoms with Gasteiger partial charge in [-0.2, -0.15) is 0 Å². The van der Waals surface area contributed by atoms with Crippen LogP contribution in [-0.4, -0.2) is 24.8 Å². The highest BCUT2D eigenvalue weighted by molar-refractivity contribution is 5.87. The van der Waals surface area contributed by atoms with E-state index in [-0.39, 0.29) is 18.2 Å². The first-order valence-corrected chi connectivity index (χ1v) is 4.50. The van der Waals surface area contributed by atoms with Gasteiger partial charge in [0.1, 0.15) is 6.10 Å². The molecule has 1 fully saturated rings. The number of esters is 1. The van der Waals surface area contributed by atoms with Gasteiger partial charge in [-0.1, -0.05) is 13.5 Å². The van der Waals surface area contributed by atoms with E-state index in [9.17, 15) is 4.79 Å². The fourth-order valence-corrected chi connectivity index (χ4v) is 1.33. The van der Waals surface area contributed by atoms with Gasteiger partial charge in [0.05, 0.1) is 12.7 Å². The third kappa shape index (κ3) is 2.31. The molecule has 1 aliphatic rings. The molecule has 74 valence electrons. The summed E-state index contributed by atoms with van der Waals surface area (Å²) < 4.78 is 10.4. The summed E-state index contributed by atoms with van der Waals surface area (Å²) >= 11 is 0. The average molecular weight is 184 g/mol. The minimum absolute atomic E-state index is 0.0586. The van der Waals surface area contributed by atoms with Gasteiger partial charge in [-0.25, -0.2) is 4.79 Å². The molecule has 1 saturated heterocycles. The fraction of sp³-hybridized carbons (Fsp3) is 0.700. The molecule has 0 aromatic carbocycles. The molecule has 3 nitrogen and oxygen atoms in total. The molecule has 0 bridgehead atoms. The second kappa shape index (κ2) is 3.92. The highest BCUT2D eigenvalue weighted by Crippen LogP contribution is 2.24. The third-order valence-corrected chi connectivity index (χ3v) is 2.22. The SMILES string of the molecule is C=C(C)C(=O)OC(C)C1OCC1C. The maximum Gasteiger partial charge on any atom is 0.333 e. The van der Waals surface area contributed by atoms with Crippen LogP contribution in [0.25, 0.3) is 0 Å². The molecule has 3 heteroatoms. The third-order valence-electron chi connectivity index (χ3n) is 2.22. The van der Waals surface area contributed by atoms with E-state index >= 15 is 0 Å². The molecule has 1 heterocycles. The van der Waals surface area contributed by atoms with Crippen molar-refractivity contribution in [2.24, 2.45) is 5.92 Å². The Morgan fingerprint density at radius 3 is 2.62 bits per heavy atom. The Morgan fingerprint density at radius 2 is 2.31 bits per heavy atom. The molecule has 0 aromatic heterocycles. The first-order chi connectivity index (χ1) is 6.02. The molecule has 13 heavy (non-hydrogen) atoms. The maximum atomic E-state index is 11.1. The zero-order chi connectivity index (χ0) is 10.0. The average Bonchev–Trinajstić information content (AvgIpc) is 2.01. The first-order valence-electron chi connectivity index (χ1n) is 4.50. The lowest BCUT2D eigenvalue weighted by Crippen LogP contribution is -2.46. The van der Waals surface area contributed by atoms with Gasteiger partial charge < -0.3 is 9.47 Å². The number of hydrogen-bond donors (Lipinski definition) is 0. The standard InChI is InChI=1S/C10H16O3/c1-6(2)10(11)13-8(4)9-7(3)5-12-9/h7-9H,1,5H2,2-4H3. The molecule has 0 amide bonds. The topological polar surface area (TPSA) is 35.5 Å². The lowest BCUT2D eigenvalue weighted by atomic mass is 9.96. The quantitative estimate of drug-likeness (QED) is 0.493. The van der Waals surface area contributed by atoms with Crippen LogP contribution in [0.5, 0.6) is 0 Å². The van der Waals surface area contributed by atoms with E-state index in [1.54, 1.807) is 6.92 Å². The smallest absolute Gasteiger partial charge is 0.333 e. The summed E-state index contributed by atoms with van der Waals surface area (Å²) in [6.45, 7) is 9.85. The second-order valence-electron chi connectivity index (χ2n) is 3.67. The van der Waals surface area contributed by atoms with Crippen molar-refractivity contribution in [2.75, 3.05) is 6.61 Å². The van der Waals surface area contributed by atoms with Crippen LogP contribution in [0.4, 0.5) is 0 Å².